The third-order valence-electron chi connectivity index (χ3n) is 2.59. The van der Waals surface area contributed by atoms with Gasteiger partial charge in [-0.05, 0) is 28.1 Å². The van der Waals surface area contributed by atoms with E-state index in [1.165, 1.54) is 13.2 Å². The van der Waals surface area contributed by atoms with Crippen molar-refractivity contribution in [2.45, 2.75) is 25.7 Å². The fraction of sp³-hybridized carbons (Fsp3) is 0.417. The van der Waals surface area contributed by atoms with Gasteiger partial charge in [0.15, 0.2) is 0 Å². The van der Waals surface area contributed by atoms with Crippen molar-refractivity contribution in [2.24, 2.45) is 0 Å². The Morgan fingerprint density at radius 2 is 2.06 bits per heavy atom. The van der Waals surface area contributed by atoms with Crippen LogP contribution in [0.2, 0.25) is 0 Å². The molecule has 0 atom stereocenters. The molecule has 17 heavy (non-hydrogen) atoms. The molecule has 1 aromatic rings. The van der Waals surface area contributed by atoms with Crippen LogP contribution in [0, 0.1) is 0 Å². The second-order valence-corrected chi connectivity index (χ2v) is 5.31. The monoisotopic (exact) mass is 302 g/mol. The second kappa shape index (κ2) is 4.96. The lowest BCUT2D eigenvalue weighted by Crippen LogP contribution is -2.21. The van der Waals surface area contributed by atoms with Crippen LogP contribution in [-0.4, -0.2) is 23.3 Å². The molecule has 2 N–H and O–H groups in total. The molecule has 0 aliphatic carbocycles. The maximum Gasteiger partial charge on any atom is 0.304 e. The van der Waals surface area contributed by atoms with Crippen LogP contribution >= 0.6 is 15.9 Å². The molecule has 4 nitrogen and oxygen atoms in total. The minimum Gasteiger partial charge on any atom is -0.508 e. The number of phenols is 1. The molecule has 0 fully saturated rings. The number of halogens is 1. The van der Waals surface area contributed by atoms with Gasteiger partial charge in [-0.2, -0.15) is 0 Å². The minimum atomic E-state index is -0.906. The summed E-state index contributed by atoms with van der Waals surface area (Å²) in [6.45, 7) is 3.53. The molecular formula is C12H15BrO4. The molecule has 0 aliphatic rings. The minimum absolute atomic E-state index is 0.0592. The molecular weight excluding hydrogens is 288 g/mol. The van der Waals surface area contributed by atoms with Crippen molar-refractivity contribution in [3.63, 3.8) is 0 Å². The van der Waals surface area contributed by atoms with E-state index in [2.05, 4.69) is 15.9 Å². The summed E-state index contributed by atoms with van der Waals surface area (Å²) < 4.78 is 5.77. The predicted molar refractivity (Wildman–Crippen MR) is 67.6 cm³/mol. The lowest BCUT2D eigenvalue weighted by atomic mass is 9.81. The van der Waals surface area contributed by atoms with E-state index in [0.29, 0.717) is 15.8 Å². The van der Waals surface area contributed by atoms with Gasteiger partial charge in [-0.25, -0.2) is 0 Å². The first-order valence-corrected chi connectivity index (χ1v) is 5.86. The predicted octanol–water partition coefficient (Wildman–Crippen LogP) is 2.92. The van der Waals surface area contributed by atoms with Crippen LogP contribution in [0.3, 0.4) is 0 Å². The number of carbonyl (C=O) groups is 1. The lowest BCUT2D eigenvalue weighted by Gasteiger charge is -2.25. The molecule has 0 amide bonds. The summed E-state index contributed by atoms with van der Waals surface area (Å²) >= 11 is 3.26. The molecule has 0 aromatic heterocycles. The maximum absolute atomic E-state index is 10.8. The quantitative estimate of drug-likeness (QED) is 0.897. The molecule has 1 rings (SSSR count). The zero-order chi connectivity index (χ0) is 13.2. The number of hydrogen-bond donors (Lipinski definition) is 2. The van der Waals surface area contributed by atoms with Crippen LogP contribution in [0.5, 0.6) is 11.5 Å². The Morgan fingerprint density at radius 1 is 1.47 bits per heavy atom. The van der Waals surface area contributed by atoms with Gasteiger partial charge in [0.05, 0.1) is 18.0 Å². The van der Waals surface area contributed by atoms with Crippen molar-refractivity contribution in [1.29, 1.82) is 0 Å². The van der Waals surface area contributed by atoms with Crippen LogP contribution in [0.15, 0.2) is 16.6 Å². The normalized spacial score (nSPS) is 11.3. The Kier molecular flexibility index (Phi) is 4.03. The van der Waals surface area contributed by atoms with Crippen molar-refractivity contribution in [1.82, 2.24) is 0 Å². The molecule has 1 aromatic carbocycles. The summed E-state index contributed by atoms with van der Waals surface area (Å²) in [5.74, 6) is -0.281. The number of aliphatic carboxylic acids is 1. The maximum atomic E-state index is 10.8. The molecule has 5 heteroatoms. The standard InChI is InChI=1S/C12H15BrO4/c1-12(2,6-11(15)16)7-4-10(17-3)8(13)5-9(7)14/h4-5,14H,6H2,1-3H3,(H,15,16). The van der Waals surface area contributed by atoms with Gasteiger partial charge in [0, 0.05) is 11.0 Å². The van der Waals surface area contributed by atoms with Gasteiger partial charge < -0.3 is 14.9 Å². The zero-order valence-electron chi connectivity index (χ0n) is 9.95. The van der Waals surface area contributed by atoms with E-state index in [4.69, 9.17) is 9.84 Å². The van der Waals surface area contributed by atoms with Gasteiger partial charge in [0.1, 0.15) is 11.5 Å². The highest BCUT2D eigenvalue weighted by Crippen LogP contribution is 2.39. The van der Waals surface area contributed by atoms with Gasteiger partial charge in [-0.15, -0.1) is 0 Å². The number of hydrogen-bond acceptors (Lipinski definition) is 3. The van der Waals surface area contributed by atoms with Gasteiger partial charge in [0.25, 0.3) is 0 Å². The van der Waals surface area contributed by atoms with Crippen LogP contribution in [0.25, 0.3) is 0 Å². The van der Waals surface area contributed by atoms with Crippen molar-refractivity contribution in [3.05, 3.63) is 22.2 Å². The van der Waals surface area contributed by atoms with Crippen molar-refractivity contribution in [3.8, 4) is 11.5 Å². The summed E-state index contributed by atoms with van der Waals surface area (Å²) in [7, 11) is 1.52. The number of carboxylic acids is 1. The zero-order valence-corrected chi connectivity index (χ0v) is 11.5. The van der Waals surface area contributed by atoms with E-state index < -0.39 is 11.4 Å². The summed E-state index contributed by atoms with van der Waals surface area (Å²) in [6.07, 6.45) is -0.0641. The summed E-state index contributed by atoms with van der Waals surface area (Å²) in [6, 6.07) is 3.17. The SMILES string of the molecule is COc1cc(C(C)(C)CC(=O)O)c(O)cc1Br. The molecule has 0 bridgehead atoms. The van der Waals surface area contributed by atoms with E-state index in [0.717, 1.165) is 0 Å². The Bertz CT molecular complexity index is 440. The molecule has 0 aliphatic heterocycles. The number of rotatable bonds is 4. The third-order valence-corrected chi connectivity index (χ3v) is 3.21. The number of methoxy groups -OCH3 is 1. The highest BCUT2D eigenvalue weighted by Gasteiger charge is 2.28. The Morgan fingerprint density at radius 3 is 2.53 bits per heavy atom. The van der Waals surface area contributed by atoms with Gasteiger partial charge in [-0.1, -0.05) is 13.8 Å². The summed E-state index contributed by atoms with van der Waals surface area (Å²) in [5, 5.41) is 18.7. The number of ether oxygens (including phenoxy) is 1. The van der Waals surface area contributed by atoms with E-state index in [-0.39, 0.29) is 12.2 Å². The Labute approximate surface area is 108 Å². The fourth-order valence-corrected chi connectivity index (χ4v) is 2.21. The first-order valence-electron chi connectivity index (χ1n) is 5.06. The highest BCUT2D eigenvalue weighted by molar-refractivity contribution is 9.10. The largest absolute Gasteiger partial charge is 0.508 e. The Hall–Kier alpha value is -1.23. The van der Waals surface area contributed by atoms with Gasteiger partial charge in [-0.3, -0.25) is 4.79 Å². The molecule has 0 spiro atoms. The van der Waals surface area contributed by atoms with Crippen LogP contribution in [0.1, 0.15) is 25.8 Å². The molecule has 0 saturated carbocycles. The highest BCUT2D eigenvalue weighted by atomic mass is 79.9. The van der Waals surface area contributed by atoms with Gasteiger partial charge in [0.2, 0.25) is 0 Å². The fourth-order valence-electron chi connectivity index (χ4n) is 1.71. The molecule has 0 heterocycles. The van der Waals surface area contributed by atoms with Crippen LogP contribution in [-0.2, 0) is 10.2 Å². The number of phenolic OH excluding ortho intramolecular Hbond substituents is 1. The summed E-state index contributed by atoms with van der Waals surface area (Å²) in [5.41, 5.74) is -0.107. The average Bonchev–Trinajstić information content (AvgIpc) is 2.15. The van der Waals surface area contributed by atoms with E-state index in [1.54, 1.807) is 19.9 Å². The van der Waals surface area contributed by atoms with Crippen LogP contribution in [0.4, 0.5) is 0 Å². The van der Waals surface area contributed by atoms with Crippen molar-refractivity contribution < 1.29 is 19.7 Å². The number of carboxylic acid groups (broad SMARTS) is 1. The molecule has 94 valence electrons. The van der Waals surface area contributed by atoms with E-state index in [9.17, 15) is 9.90 Å². The van der Waals surface area contributed by atoms with Crippen LogP contribution < -0.4 is 4.74 Å². The number of aromatic hydroxyl groups is 1. The first-order chi connectivity index (χ1) is 7.77. The lowest BCUT2D eigenvalue weighted by molar-refractivity contribution is -0.138. The smallest absolute Gasteiger partial charge is 0.304 e. The Balaban J connectivity index is 3.25. The molecule has 0 unspecified atom stereocenters. The number of benzene rings is 1. The summed E-state index contributed by atoms with van der Waals surface area (Å²) in [4.78, 5) is 10.8. The van der Waals surface area contributed by atoms with E-state index >= 15 is 0 Å². The average molecular weight is 303 g/mol. The second-order valence-electron chi connectivity index (χ2n) is 4.46. The topological polar surface area (TPSA) is 66.8 Å². The van der Waals surface area contributed by atoms with Gasteiger partial charge >= 0.3 is 5.97 Å². The molecule has 0 radical (unpaired) electrons. The molecule has 0 saturated heterocycles. The third kappa shape index (κ3) is 3.12. The van der Waals surface area contributed by atoms with E-state index in [1.807, 2.05) is 0 Å². The van der Waals surface area contributed by atoms with Crippen molar-refractivity contribution in [2.75, 3.05) is 7.11 Å². The van der Waals surface area contributed by atoms with Crippen molar-refractivity contribution >= 4 is 21.9 Å². The first kappa shape index (κ1) is 13.8.